The van der Waals surface area contributed by atoms with Crippen molar-refractivity contribution in [2.45, 2.75) is 24.7 Å². The summed E-state index contributed by atoms with van der Waals surface area (Å²) in [6.45, 7) is 0. The lowest BCUT2D eigenvalue weighted by Crippen LogP contribution is -2.41. The number of nitrogens with one attached hydrogen (secondary N) is 2. The van der Waals surface area contributed by atoms with Gasteiger partial charge < -0.3 is 30.5 Å². The largest absolute Gasteiger partial charge is 0.506 e. The number of benzene rings is 2. The molecular weight excluding hydrogens is 496 g/mol. The van der Waals surface area contributed by atoms with Crippen LogP contribution in [-0.2, 0) is 4.79 Å². The van der Waals surface area contributed by atoms with Crippen LogP contribution >= 0.6 is 0 Å². The average molecular weight is 523 g/mol. The van der Waals surface area contributed by atoms with Gasteiger partial charge in [0.1, 0.15) is 11.9 Å². The van der Waals surface area contributed by atoms with Gasteiger partial charge in [-0.3, -0.25) is 4.79 Å². The maximum atomic E-state index is 12.6. The molecule has 0 bridgehead atoms. The van der Waals surface area contributed by atoms with Gasteiger partial charge in [-0.2, -0.15) is 0 Å². The van der Waals surface area contributed by atoms with E-state index in [0.29, 0.717) is 29.0 Å². The Labute approximate surface area is 224 Å². The Morgan fingerprint density at radius 1 is 1.08 bits per heavy atom. The Bertz CT molecular complexity index is 1640. The molecule has 2 fully saturated rings. The summed E-state index contributed by atoms with van der Waals surface area (Å²) in [5.41, 5.74) is 1.13. The zero-order valence-corrected chi connectivity index (χ0v) is 21.0. The van der Waals surface area contributed by atoms with Crippen molar-refractivity contribution >= 4 is 28.6 Å². The SMILES string of the molecule is CNC(=O)C12CC1[C@@H](n1cnc3c(N/C=C(\O)c4ccccc4)nc(C#Cc4ccccc4)nc31)[C@H](O)[C@@H]2O. The van der Waals surface area contributed by atoms with E-state index in [9.17, 15) is 20.1 Å². The second kappa shape index (κ2) is 9.54. The molecule has 2 aromatic carbocycles. The number of nitrogens with zero attached hydrogens (tertiary/aromatic N) is 4. The Hall–Kier alpha value is -4.72. The lowest BCUT2D eigenvalue weighted by molar-refractivity contribution is -0.132. The summed E-state index contributed by atoms with van der Waals surface area (Å²) in [5, 5.41) is 38.0. The molecule has 6 rings (SSSR count). The molecule has 4 aromatic rings. The third-order valence-electron chi connectivity index (χ3n) is 7.57. The molecule has 2 aliphatic rings. The predicted molar refractivity (Wildman–Crippen MR) is 144 cm³/mol. The number of carbonyl (C=O) groups excluding carboxylic acids is 1. The normalized spacial score (nSPS) is 25.5. The summed E-state index contributed by atoms with van der Waals surface area (Å²) in [6, 6.07) is 17.8. The van der Waals surface area contributed by atoms with Crippen molar-refractivity contribution in [3.05, 3.63) is 90.1 Å². The highest BCUT2D eigenvalue weighted by molar-refractivity contribution is 5.88. The second-order valence-corrected chi connectivity index (χ2v) is 9.73. The van der Waals surface area contributed by atoms with E-state index in [1.807, 2.05) is 48.5 Å². The molecule has 10 heteroatoms. The number of aliphatic hydroxyl groups is 3. The van der Waals surface area contributed by atoms with E-state index in [1.54, 1.807) is 16.7 Å². The van der Waals surface area contributed by atoms with Crippen LogP contribution in [0.3, 0.4) is 0 Å². The molecule has 2 unspecified atom stereocenters. The minimum absolute atomic E-state index is 0.00129. The summed E-state index contributed by atoms with van der Waals surface area (Å²) < 4.78 is 1.69. The quantitative estimate of drug-likeness (QED) is 0.198. The predicted octanol–water partition coefficient (Wildman–Crippen LogP) is 2.22. The van der Waals surface area contributed by atoms with Gasteiger partial charge in [-0.15, -0.1) is 0 Å². The summed E-state index contributed by atoms with van der Waals surface area (Å²) >= 11 is 0. The van der Waals surface area contributed by atoms with E-state index < -0.39 is 23.7 Å². The highest BCUT2D eigenvalue weighted by Gasteiger charge is 2.75. The van der Waals surface area contributed by atoms with Crippen molar-refractivity contribution in [1.82, 2.24) is 24.8 Å². The van der Waals surface area contributed by atoms with Crippen molar-refractivity contribution in [1.29, 1.82) is 0 Å². The molecule has 2 aliphatic carbocycles. The first-order valence-corrected chi connectivity index (χ1v) is 12.5. The standard InChI is InChI=1S/C29H26N6O4/c1-30-28(39)29-14-19(29)23(24(37)25(29)38)35-16-32-22-26(31-15-20(36)18-10-6-3-7-11-18)33-21(34-27(22)35)13-12-17-8-4-2-5-9-17/h2-11,15-16,19,23-25,36-38H,14H2,1H3,(H,30,39)(H,31,33,34)/b20-15-/t19?,23-,24+,25+,29?/m1/s1. The molecule has 10 nitrogen and oxygen atoms in total. The number of aromatic nitrogens is 4. The van der Waals surface area contributed by atoms with E-state index in [0.717, 1.165) is 5.56 Å². The van der Waals surface area contributed by atoms with Gasteiger partial charge in [-0.05, 0) is 24.5 Å². The molecule has 0 aliphatic heterocycles. The topological polar surface area (TPSA) is 145 Å². The summed E-state index contributed by atoms with van der Waals surface area (Å²) in [6.07, 6.45) is 0.979. The number of anilines is 1. The average Bonchev–Trinajstić information content (AvgIpc) is 3.51. The van der Waals surface area contributed by atoms with Crippen LogP contribution in [0.15, 0.2) is 73.2 Å². The van der Waals surface area contributed by atoms with Gasteiger partial charge in [-0.1, -0.05) is 54.5 Å². The Balaban J connectivity index is 1.43. The van der Waals surface area contributed by atoms with Crippen molar-refractivity contribution in [3.63, 3.8) is 0 Å². The van der Waals surface area contributed by atoms with Gasteiger partial charge in [-0.25, -0.2) is 15.0 Å². The minimum atomic E-state index is -1.22. The Kier molecular flexibility index (Phi) is 6.02. The van der Waals surface area contributed by atoms with Crippen LogP contribution < -0.4 is 10.6 Å². The number of imidazole rings is 1. The molecule has 2 saturated carbocycles. The zero-order valence-electron chi connectivity index (χ0n) is 21.0. The van der Waals surface area contributed by atoms with Gasteiger partial charge >= 0.3 is 0 Å². The van der Waals surface area contributed by atoms with Gasteiger partial charge in [0, 0.05) is 30.3 Å². The molecule has 39 heavy (non-hydrogen) atoms. The number of rotatable bonds is 5. The fraction of sp³-hybridized carbons (Fsp3) is 0.241. The van der Waals surface area contributed by atoms with Crippen molar-refractivity contribution in [2.75, 3.05) is 12.4 Å². The molecule has 5 N–H and O–H groups in total. The van der Waals surface area contributed by atoms with Gasteiger partial charge in [0.2, 0.25) is 11.7 Å². The molecular formula is C29H26N6O4. The number of carbonyl (C=O) groups is 1. The van der Waals surface area contributed by atoms with Crippen molar-refractivity contribution in [2.24, 2.45) is 11.3 Å². The third kappa shape index (κ3) is 4.09. The maximum absolute atomic E-state index is 12.6. The number of fused-ring (bicyclic) bond motifs is 2. The first-order chi connectivity index (χ1) is 18.9. The number of hydrogen-bond acceptors (Lipinski definition) is 8. The fourth-order valence-electron chi connectivity index (χ4n) is 5.56. The van der Waals surface area contributed by atoms with Crippen LogP contribution in [0, 0.1) is 23.2 Å². The number of amides is 1. The van der Waals surface area contributed by atoms with Crippen LogP contribution in [0.2, 0.25) is 0 Å². The second-order valence-electron chi connectivity index (χ2n) is 9.73. The van der Waals surface area contributed by atoms with Crippen LogP contribution in [-0.4, -0.2) is 60.0 Å². The summed E-state index contributed by atoms with van der Waals surface area (Å²) in [5.74, 6) is 5.96. The van der Waals surface area contributed by atoms with Crippen LogP contribution in [0.1, 0.15) is 29.4 Å². The van der Waals surface area contributed by atoms with Crippen molar-refractivity contribution < 1.29 is 20.1 Å². The molecule has 0 spiro atoms. The van der Waals surface area contributed by atoms with Crippen LogP contribution in [0.4, 0.5) is 5.82 Å². The molecule has 1 amide bonds. The number of hydrogen-bond donors (Lipinski definition) is 5. The van der Waals surface area contributed by atoms with Gasteiger partial charge in [0.25, 0.3) is 0 Å². The molecule has 5 atom stereocenters. The van der Waals surface area contributed by atoms with Gasteiger partial charge in [0.15, 0.2) is 17.0 Å². The minimum Gasteiger partial charge on any atom is -0.506 e. The van der Waals surface area contributed by atoms with E-state index >= 15 is 0 Å². The highest BCUT2D eigenvalue weighted by Crippen LogP contribution is 2.67. The summed E-state index contributed by atoms with van der Waals surface area (Å²) in [7, 11) is 1.52. The van der Waals surface area contributed by atoms with Crippen LogP contribution in [0.25, 0.3) is 16.9 Å². The third-order valence-corrected chi connectivity index (χ3v) is 7.57. The lowest BCUT2D eigenvalue weighted by atomic mass is 9.98. The van der Waals surface area contributed by atoms with E-state index in [2.05, 4.69) is 37.4 Å². The first kappa shape index (κ1) is 24.6. The fourth-order valence-corrected chi connectivity index (χ4v) is 5.56. The monoisotopic (exact) mass is 522 g/mol. The van der Waals surface area contributed by atoms with Gasteiger partial charge in [0.05, 0.1) is 23.9 Å². The first-order valence-electron chi connectivity index (χ1n) is 12.5. The smallest absolute Gasteiger partial charge is 0.229 e. The molecule has 0 radical (unpaired) electrons. The molecule has 2 aromatic heterocycles. The van der Waals surface area contributed by atoms with E-state index in [-0.39, 0.29) is 23.4 Å². The van der Waals surface area contributed by atoms with E-state index in [4.69, 9.17) is 0 Å². The molecule has 2 heterocycles. The number of aliphatic hydroxyl groups excluding tert-OH is 3. The summed E-state index contributed by atoms with van der Waals surface area (Å²) in [4.78, 5) is 26.3. The Morgan fingerprint density at radius 3 is 2.51 bits per heavy atom. The maximum Gasteiger partial charge on any atom is 0.229 e. The molecule has 0 saturated heterocycles. The highest BCUT2D eigenvalue weighted by atomic mass is 16.3. The zero-order chi connectivity index (χ0) is 27.1. The van der Waals surface area contributed by atoms with Crippen LogP contribution in [0.5, 0.6) is 0 Å². The van der Waals surface area contributed by atoms with Crippen molar-refractivity contribution in [3.8, 4) is 11.8 Å². The molecule has 196 valence electrons. The van der Waals surface area contributed by atoms with E-state index in [1.165, 1.54) is 19.6 Å². The lowest BCUT2D eigenvalue weighted by Gasteiger charge is -2.23. The Morgan fingerprint density at radius 2 is 1.79 bits per heavy atom.